The van der Waals surface area contributed by atoms with Crippen LogP contribution in [0.3, 0.4) is 0 Å². The van der Waals surface area contributed by atoms with Crippen LogP contribution < -0.4 is 5.73 Å². The average molecular weight is 244 g/mol. The van der Waals surface area contributed by atoms with Gasteiger partial charge in [0.25, 0.3) is 0 Å². The van der Waals surface area contributed by atoms with Crippen molar-refractivity contribution in [1.29, 1.82) is 0 Å². The monoisotopic (exact) mass is 243 g/mol. The van der Waals surface area contributed by atoms with Crippen LogP contribution in [-0.4, -0.2) is 15.2 Å². The third-order valence-corrected chi connectivity index (χ3v) is 1.62. The lowest BCUT2D eigenvalue weighted by Gasteiger charge is -2.08. The van der Waals surface area contributed by atoms with E-state index in [9.17, 15) is 5.11 Å². The number of halogens is 2. The number of aromatic nitrogens is 1. The Bertz CT molecular complexity index is 375. The van der Waals surface area contributed by atoms with Gasteiger partial charge in [-0.2, -0.15) is 0 Å². The summed E-state index contributed by atoms with van der Waals surface area (Å²) in [4.78, 5) is 3.60. The SMILES string of the molecule is Cl.Cl.[2H]C([2H])([2H])c1ncc(CO)c(CN)c1O. The first kappa shape index (κ1) is 9.98. The van der Waals surface area contributed by atoms with Gasteiger partial charge in [0.05, 0.1) is 12.3 Å². The van der Waals surface area contributed by atoms with E-state index in [1.807, 2.05) is 0 Å². The van der Waals surface area contributed by atoms with E-state index in [1.54, 1.807) is 0 Å². The molecule has 0 aliphatic carbocycles. The molecule has 1 aromatic rings. The highest BCUT2D eigenvalue weighted by Gasteiger charge is 2.08. The van der Waals surface area contributed by atoms with Crippen LogP contribution in [0.5, 0.6) is 5.75 Å². The maximum Gasteiger partial charge on any atom is 0.141 e. The highest BCUT2D eigenvalue weighted by atomic mass is 35.5. The van der Waals surface area contributed by atoms with Crippen molar-refractivity contribution in [3.63, 3.8) is 0 Å². The van der Waals surface area contributed by atoms with Gasteiger partial charge in [0.15, 0.2) is 0 Å². The summed E-state index contributed by atoms with van der Waals surface area (Å²) in [6.07, 6.45) is 1.21. The van der Waals surface area contributed by atoms with E-state index in [1.165, 1.54) is 6.20 Å². The van der Waals surface area contributed by atoms with E-state index in [4.69, 9.17) is 15.0 Å². The van der Waals surface area contributed by atoms with Crippen LogP contribution in [0.25, 0.3) is 0 Å². The molecule has 0 radical (unpaired) electrons. The maximum atomic E-state index is 9.62. The molecule has 0 aliphatic heterocycles. The minimum absolute atomic E-state index is 0. The molecule has 6 heteroatoms. The molecule has 1 rings (SSSR count). The minimum atomic E-state index is -2.48. The molecule has 0 aliphatic rings. The highest BCUT2D eigenvalue weighted by molar-refractivity contribution is 5.85. The molecule has 14 heavy (non-hydrogen) atoms. The van der Waals surface area contributed by atoms with Gasteiger partial charge in [0.1, 0.15) is 5.75 Å². The Labute approximate surface area is 99.2 Å². The van der Waals surface area contributed by atoms with Crippen molar-refractivity contribution >= 4 is 24.8 Å². The van der Waals surface area contributed by atoms with E-state index in [0.29, 0.717) is 5.56 Å². The van der Waals surface area contributed by atoms with Gasteiger partial charge >= 0.3 is 0 Å². The first-order valence-electron chi connectivity index (χ1n) is 4.93. The predicted octanol–water partition coefficient (Wildman–Crippen LogP) is 0.890. The van der Waals surface area contributed by atoms with Gasteiger partial charge in [-0.1, -0.05) is 0 Å². The number of aromatic hydroxyl groups is 1. The normalized spacial score (nSPS) is 12.9. The predicted molar refractivity (Wildman–Crippen MR) is 58.9 cm³/mol. The molecular weight excluding hydrogens is 227 g/mol. The van der Waals surface area contributed by atoms with E-state index in [0.717, 1.165) is 0 Å². The Morgan fingerprint density at radius 2 is 2.21 bits per heavy atom. The molecule has 0 unspecified atom stereocenters. The summed E-state index contributed by atoms with van der Waals surface area (Å²) in [6, 6.07) is 0. The highest BCUT2D eigenvalue weighted by Crippen LogP contribution is 2.22. The van der Waals surface area contributed by atoms with Gasteiger partial charge in [-0.25, -0.2) is 0 Å². The second-order valence-electron chi connectivity index (χ2n) is 2.32. The molecule has 0 amide bonds. The molecule has 0 spiro atoms. The first-order valence-corrected chi connectivity index (χ1v) is 3.43. The largest absolute Gasteiger partial charge is 0.506 e. The minimum Gasteiger partial charge on any atom is -0.506 e. The quantitative estimate of drug-likeness (QED) is 0.721. The summed E-state index contributed by atoms with van der Waals surface area (Å²) < 4.78 is 21.4. The van der Waals surface area contributed by atoms with Crippen LogP contribution in [0.1, 0.15) is 20.9 Å². The number of pyridine rings is 1. The van der Waals surface area contributed by atoms with Gasteiger partial charge in [0.2, 0.25) is 0 Å². The second-order valence-corrected chi connectivity index (χ2v) is 2.32. The fourth-order valence-electron chi connectivity index (χ4n) is 0.941. The van der Waals surface area contributed by atoms with Crippen LogP contribution in [0, 0.1) is 6.85 Å². The van der Waals surface area contributed by atoms with Crippen molar-refractivity contribution in [2.75, 3.05) is 0 Å². The molecule has 4 N–H and O–H groups in total. The Hall–Kier alpha value is -0.550. The van der Waals surface area contributed by atoms with Crippen molar-refractivity contribution in [3.05, 3.63) is 23.0 Å². The van der Waals surface area contributed by atoms with Gasteiger partial charge in [-0.15, -0.1) is 24.8 Å². The summed E-state index contributed by atoms with van der Waals surface area (Å²) in [5, 5.41) is 18.5. The summed E-state index contributed by atoms with van der Waals surface area (Å²) in [5.74, 6) is -0.455. The molecule has 0 saturated heterocycles. The summed E-state index contributed by atoms with van der Waals surface area (Å²) in [5.41, 5.74) is 5.52. The average Bonchev–Trinajstić information content (AvgIpc) is 2.15. The molecule has 1 heterocycles. The smallest absolute Gasteiger partial charge is 0.141 e. The molecule has 0 fully saturated rings. The fourth-order valence-corrected chi connectivity index (χ4v) is 0.941. The van der Waals surface area contributed by atoms with E-state index < -0.39 is 12.6 Å². The lowest BCUT2D eigenvalue weighted by Crippen LogP contribution is -2.04. The molecule has 0 atom stereocenters. The topological polar surface area (TPSA) is 79.4 Å². The van der Waals surface area contributed by atoms with E-state index >= 15 is 0 Å². The summed E-state index contributed by atoms with van der Waals surface area (Å²) in [6.45, 7) is -2.87. The van der Waals surface area contributed by atoms with Gasteiger partial charge in [-0.3, -0.25) is 4.98 Å². The van der Waals surface area contributed by atoms with Crippen molar-refractivity contribution in [2.45, 2.75) is 20.0 Å². The molecule has 0 saturated carbocycles. The molecule has 1 aromatic heterocycles. The zero-order valence-electron chi connectivity index (χ0n) is 10.2. The molecule has 4 nitrogen and oxygen atoms in total. The van der Waals surface area contributed by atoms with Crippen LogP contribution in [0.15, 0.2) is 6.20 Å². The van der Waals surface area contributed by atoms with Crippen LogP contribution in [0.4, 0.5) is 0 Å². The third kappa shape index (κ3) is 2.99. The van der Waals surface area contributed by atoms with E-state index in [2.05, 4.69) is 4.98 Å². The van der Waals surface area contributed by atoms with Crippen LogP contribution in [0.2, 0.25) is 0 Å². The molecule has 82 valence electrons. The van der Waals surface area contributed by atoms with Gasteiger partial charge in [0, 0.05) is 28.0 Å². The van der Waals surface area contributed by atoms with Crippen molar-refractivity contribution in [1.82, 2.24) is 4.98 Å². The number of aliphatic hydroxyl groups excluding tert-OH is 1. The number of hydrogen-bond donors (Lipinski definition) is 3. The Balaban J connectivity index is 0. The van der Waals surface area contributed by atoms with Crippen molar-refractivity contribution < 1.29 is 14.3 Å². The molecule has 0 aromatic carbocycles. The summed E-state index contributed by atoms with van der Waals surface area (Å²) >= 11 is 0. The van der Waals surface area contributed by atoms with Crippen molar-refractivity contribution in [2.24, 2.45) is 5.73 Å². The van der Waals surface area contributed by atoms with Crippen LogP contribution >= 0.6 is 24.8 Å². The lowest BCUT2D eigenvalue weighted by atomic mass is 10.1. The van der Waals surface area contributed by atoms with Gasteiger partial charge in [-0.05, 0) is 6.85 Å². The molecular formula is C8H14Cl2N2O2. The third-order valence-electron chi connectivity index (χ3n) is 1.62. The Kier molecular flexibility index (Phi) is 4.88. The number of nitrogens with two attached hydrogens (primary N) is 1. The number of hydrogen-bond acceptors (Lipinski definition) is 4. The number of aliphatic hydroxyl groups is 1. The second kappa shape index (κ2) is 6.84. The number of rotatable bonds is 2. The summed E-state index contributed by atoms with van der Waals surface area (Å²) in [7, 11) is 0. The Morgan fingerprint density at radius 3 is 2.64 bits per heavy atom. The number of aryl methyl sites for hydroxylation is 1. The number of nitrogens with zero attached hydrogens (tertiary/aromatic N) is 1. The Morgan fingerprint density at radius 1 is 1.57 bits per heavy atom. The zero-order valence-corrected chi connectivity index (χ0v) is 8.86. The van der Waals surface area contributed by atoms with Crippen molar-refractivity contribution in [3.8, 4) is 5.75 Å². The lowest BCUT2D eigenvalue weighted by molar-refractivity contribution is 0.279. The van der Waals surface area contributed by atoms with Crippen LogP contribution in [-0.2, 0) is 13.2 Å². The standard InChI is InChI=1S/C8H12N2O2.2ClH/c1-5-8(12)7(2-9)6(4-11)3-10-5;;/h3,11-12H,2,4,9H2,1H3;2*1H/i1D3;;. The maximum absolute atomic E-state index is 9.62. The van der Waals surface area contributed by atoms with Gasteiger partial charge < -0.3 is 15.9 Å². The zero-order chi connectivity index (χ0) is 11.6. The molecule has 0 bridgehead atoms. The van der Waals surface area contributed by atoms with E-state index in [-0.39, 0.29) is 49.2 Å². The first-order chi connectivity index (χ1) is 6.91. The fraction of sp³-hybridized carbons (Fsp3) is 0.375.